The van der Waals surface area contributed by atoms with Gasteiger partial charge in [-0.2, -0.15) is 8.78 Å². The standard InChI is InChI=1S/C3H5F2NO2S/c4-3(5)1-2-6-9(7)8/h1,6H,2H2,(H,7,8). The minimum absolute atomic E-state index is 0.300. The van der Waals surface area contributed by atoms with Crippen LogP contribution in [0.1, 0.15) is 0 Å². The first kappa shape index (κ1) is 8.67. The van der Waals surface area contributed by atoms with Crippen molar-refractivity contribution in [2.45, 2.75) is 0 Å². The summed E-state index contributed by atoms with van der Waals surface area (Å²) in [5.41, 5.74) is 0. The SMILES string of the molecule is O=S(O)NCC=C(F)F. The van der Waals surface area contributed by atoms with E-state index < -0.39 is 17.3 Å². The van der Waals surface area contributed by atoms with Gasteiger partial charge in [0.05, 0.1) is 0 Å². The fourth-order valence-electron chi connectivity index (χ4n) is 0.190. The molecule has 0 aliphatic rings. The summed E-state index contributed by atoms with van der Waals surface area (Å²) in [5.74, 6) is 0. The Morgan fingerprint density at radius 2 is 2.33 bits per heavy atom. The lowest BCUT2D eigenvalue weighted by atomic mass is 10.6. The highest BCUT2D eigenvalue weighted by atomic mass is 32.2. The summed E-state index contributed by atoms with van der Waals surface area (Å²) in [7, 11) is 0. The number of halogens is 2. The molecule has 1 atom stereocenters. The van der Waals surface area contributed by atoms with Crippen LogP contribution in [-0.2, 0) is 11.3 Å². The lowest BCUT2D eigenvalue weighted by Crippen LogP contribution is -2.15. The molecule has 0 bridgehead atoms. The monoisotopic (exact) mass is 157 g/mol. The van der Waals surface area contributed by atoms with Gasteiger partial charge in [0, 0.05) is 6.54 Å². The van der Waals surface area contributed by atoms with E-state index in [1.165, 1.54) is 0 Å². The molecule has 0 saturated heterocycles. The number of hydrogen-bond acceptors (Lipinski definition) is 1. The Hall–Kier alpha value is -0.330. The minimum atomic E-state index is -2.21. The third-order valence-electron chi connectivity index (χ3n) is 0.463. The molecular weight excluding hydrogens is 152 g/mol. The molecule has 54 valence electrons. The Morgan fingerprint density at radius 1 is 1.78 bits per heavy atom. The number of rotatable bonds is 3. The van der Waals surface area contributed by atoms with Crippen LogP contribution in [0.15, 0.2) is 12.2 Å². The average molecular weight is 157 g/mol. The molecule has 1 unspecified atom stereocenters. The van der Waals surface area contributed by atoms with Gasteiger partial charge in [0.1, 0.15) is 0 Å². The lowest BCUT2D eigenvalue weighted by Gasteiger charge is -1.89. The molecule has 0 saturated carbocycles. The van der Waals surface area contributed by atoms with Crippen molar-refractivity contribution < 1.29 is 17.5 Å². The first-order valence-electron chi connectivity index (χ1n) is 1.98. The van der Waals surface area contributed by atoms with E-state index in [2.05, 4.69) is 0 Å². The zero-order chi connectivity index (χ0) is 7.28. The molecule has 6 heteroatoms. The summed E-state index contributed by atoms with van der Waals surface area (Å²) in [6.45, 7) is -0.300. The molecule has 9 heavy (non-hydrogen) atoms. The van der Waals surface area contributed by atoms with Crippen molar-refractivity contribution in [2.75, 3.05) is 6.54 Å². The highest BCUT2D eigenvalue weighted by Crippen LogP contribution is 1.93. The van der Waals surface area contributed by atoms with E-state index in [1.807, 2.05) is 4.72 Å². The van der Waals surface area contributed by atoms with E-state index in [0.29, 0.717) is 6.08 Å². The molecule has 3 nitrogen and oxygen atoms in total. The fourth-order valence-corrected chi connectivity index (χ4v) is 0.416. The molecule has 0 radical (unpaired) electrons. The molecule has 0 spiro atoms. The summed E-state index contributed by atoms with van der Waals surface area (Å²) >= 11 is -2.21. The van der Waals surface area contributed by atoms with Gasteiger partial charge < -0.3 is 0 Å². The summed E-state index contributed by atoms with van der Waals surface area (Å²) < 4.78 is 41.8. The Labute approximate surface area is 53.2 Å². The van der Waals surface area contributed by atoms with Crippen LogP contribution < -0.4 is 4.72 Å². The summed E-state index contributed by atoms with van der Waals surface area (Å²) in [4.78, 5) is 0. The zero-order valence-electron chi connectivity index (χ0n) is 4.30. The van der Waals surface area contributed by atoms with Crippen LogP contribution in [0.4, 0.5) is 8.78 Å². The third-order valence-corrected chi connectivity index (χ3v) is 0.877. The predicted molar refractivity (Wildman–Crippen MR) is 29.1 cm³/mol. The zero-order valence-corrected chi connectivity index (χ0v) is 5.12. The van der Waals surface area contributed by atoms with E-state index in [0.717, 1.165) is 0 Å². The summed E-state index contributed by atoms with van der Waals surface area (Å²) in [6, 6.07) is 0. The Morgan fingerprint density at radius 3 is 2.67 bits per heavy atom. The van der Waals surface area contributed by atoms with Crippen LogP contribution in [0.3, 0.4) is 0 Å². The van der Waals surface area contributed by atoms with Crippen LogP contribution in [0, 0.1) is 0 Å². The van der Waals surface area contributed by atoms with Gasteiger partial charge in [0.25, 0.3) is 6.08 Å². The maximum atomic E-state index is 11.1. The van der Waals surface area contributed by atoms with Crippen LogP contribution in [0.25, 0.3) is 0 Å². The van der Waals surface area contributed by atoms with Gasteiger partial charge >= 0.3 is 0 Å². The molecule has 0 rings (SSSR count). The number of hydrogen-bond donors (Lipinski definition) is 2. The van der Waals surface area contributed by atoms with E-state index in [4.69, 9.17) is 4.55 Å². The van der Waals surface area contributed by atoms with Crippen molar-refractivity contribution >= 4 is 11.3 Å². The minimum Gasteiger partial charge on any atom is -0.294 e. The van der Waals surface area contributed by atoms with Crippen LogP contribution in [-0.4, -0.2) is 15.3 Å². The quantitative estimate of drug-likeness (QED) is 0.586. The molecule has 0 aliphatic carbocycles. The van der Waals surface area contributed by atoms with Gasteiger partial charge in [0.15, 0.2) is 0 Å². The first-order valence-corrected chi connectivity index (χ1v) is 3.09. The third kappa shape index (κ3) is 7.67. The summed E-state index contributed by atoms with van der Waals surface area (Å²) in [5, 5.41) is 0. The molecule has 0 fully saturated rings. The first-order chi connectivity index (χ1) is 4.13. The maximum absolute atomic E-state index is 11.1. The van der Waals surface area contributed by atoms with Gasteiger partial charge in [-0.25, -0.2) is 8.93 Å². The maximum Gasteiger partial charge on any atom is 0.267 e. The van der Waals surface area contributed by atoms with Crippen LogP contribution in [0.5, 0.6) is 0 Å². The van der Waals surface area contributed by atoms with Crippen LogP contribution in [0.2, 0.25) is 0 Å². The largest absolute Gasteiger partial charge is 0.294 e. The van der Waals surface area contributed by atoms with Crippen LogP contribution >= 0.6 is 0 Å². The van der Waals surface area contributed by atoms with Crippen molar-refractivity contribution in [3.8, 4) is 0 Å². The highest BCUT2D eigenvalue weighted by molar-refractivity contribution is 7.77. The average Bonchev–Trinajstić information content (AvgIpc) is 1.63. The Balaban J connectivity index is 3.31. The smallest absolute Gasteiger partial charge is 0.267 e. The van der Waals surface area contributed by atoms with Crippen molar-refractivity contribution in [1.29, 1.82) is 0 Å². The second-order valence-corrected chi connectivity index (χ2v) is 1.88. The molecule has 0 amide bonds. The predicted octanol–water partition coefficient (Wildman–Crippen LogP) is 0.493. The van der Waals surface area contributed by atoms with Gasteiger partial charge in [-0.05, 0) is 6.08 Å². The molecular formula is C3H5F2NO2S. The van der Waals surface area contributed by atoms with E-state index in [9.17, 15) is 13.0 Å². The van der Waals surface area contributed by atoms with E-state index >= 15 is 0 Å². The van der Waals surface area contributed by atoms with Gasteiger partial charge in [0.2, 0.25) is 11.3 Å². The van der Waals surface area contributed by atoms with Crippen molar-refractivity contribution in [2.24, 2.45) is 0 Å². The normalized spacial score (nSPS) is 12.8. The molecule has 0 aromatic carbocycles. The molecule has 2 N–H and O–H groups in total. The van der Waals surface area contributed by atoms with Gasteiger partial charge in [-0.3, -0.25) is 4.55 Å². The van der Waals surface area contributed by atoms with E-state index in [1.54, 1.807) is 0 Å². The molecule has 0 aliphatic heterocycles. The molecule has 0 heterocycles. The van der Waals surface area contributed by atoms with Gasteiger partial charge in [-0.1, -0.05) is 0 Å². The second kappa shape index (κ2) is 4.54. The van der Waals surface area contributed by atoms with Crippen molar-refractivity contribution in [1.82, 2.24) is 4.72 Å². The van der Waals surface area contributed by atoms with Crippen molar-refractivity contribution in [3.05, 3.63) is 12.2 Å². The molecule has 0 aromatic rings. The Bertz CT molecular complexity index is 134. The van der Waals surface area contributed by atoms with Crippen molar-refractivity contribution in [3.63, 3.8) is 0 Å². The second-order valence-electron chi connectivity index (χ2n) is 1.09. The summed E-state index contributed by atoms with van der Waals surface area (Å²) in [6.07, 6.45) is -1.36. The highest BCUT2D eigenvalue weighted by Gasteiger charge is 1.89. The Kier molecular flexibility index (Phi) is 4.37. The molecule has 0 aromatic heterocycles. The fraction of sp³-hybridized carbons (Fsp3) is 0.333. The topological polar surface area (TPSA) is 49.3 Å². The lowest BCUT2D eigenvalue weighted by molar-refractivity contribution is 0.418. The van der Waals surface area contributed by atoms with E-state index in [-0.39, 0.29) is 6.54 Å². The van der Waals surface area contributed by atoms with Gasteiger partial charge in [-0.15, -0.1) is 0 Å². The number of nitrogens with one attached hydrogen (secondary N) is 1.